The van der Waals surface area contributed by atoms with Crippen molar-refractivity contribution in [3.8, 4) is 0 Å². The number of benzene rings is 1. The highest BCUT2D eigenvalue weighted by Gasteiger charge is 2.30. The summed E-state index contributed by atoms with van der Waals surface area (Å²) in [5.74, 6) is -1.42. The lowest BCUT2D eigenvalue weighted by molar-refractivity contribution is -0.386. The van der Waals surface area contributed by atoms with Crippen LogP contribution in [-0.2, 0) is 0 Å². The molecule has 104 valence electrons. The van der Waals surface area contributed by atoms with Crippen molar-refractivity contribution < 1.29 is 25.0 Å². The van der Waals surface area contributed by atoms with Crippen LogP contribution in [0.25, 0.3) is 0 Å². The number of aliphatic hydroxyl groups excluding tert-OH is 2. The average Bonchev–Trinajstić information content (AvgIpc) is 2.36. The monoisotopic (exact) mass is 270 g/mol. The second-order valence-corrected chi connectivity index (χ2v) is 3.89. The van der Waals surface area contributed by atoms with E-state index in [-0.39, 0.29) is 13.0 Å². The Morgan fingerprint density at radius 2 is 2.05 bits per heavy atom. The molecule has 0 aliphatic rings. The zero-order valence-corrected chi connectivity index (χ0v) is 9.89. The first-order chi connectivity index (χ1) is 8.90. The van der Waals surface area contributed by atoms with Crippen LogP contribution in [0.2, 0.25) is 0 Å². The Morgan fingerprint density at radius 1 is 1.42 bits per heavy atom. The highest BCUT2D eigenvalue weighted by atomic mass is 16.6. The van der Waals surface area contributed by atoms with Gasteiger partial charge in [0.2, 0.25) is 0 Å². The molecule has 1 aromatic rings. The van der Waals surface area contributed by atoms with E-state index in [0.717, 1.165) is 12.1 Å². The molecule has 0 radical (unpaired) electrons. The predicted octanol–water partition coefficient (Wildman–Crippen LogP) is 0.0361. The Balaban J connectivity index is 3.36. The van der Waals surface area contributed by atoms with E-state index in [9.17, 15) is 25.1 Å². The van der Waals surface area contributed by atoms with E-state index < -0.39 is 39.9 Å². The van der Waals surface area contributed by atoms with E-state index in [1.165, 1.54) is 6.07 Å². The van der Waals surface area contributed by atoms with Gasteiger partial charge in [0.1, 0.15) is 6.10 Å². The highest BCUT2D eigenvalue weighted by Crippen LogP contribution is 2.31. The zero-order valence-electron chi connectivity index (χ0n) is 9.89. The minimum Gasteiger partial charge on any atom is -0.478 e. The van der Waals surface area contributed by atoms with Gasteiger partial charge in [0.05, 0.1) is 22.2 Å². The number of hydrogen-bond donors (Lipinski definition) is 4. The van der Waals surface area contributed by atoms with Gasteiger partial charge in [0, 0.05) is 6.07 Å². The van der Waals surface area contributed by atoms with Crippen LogP contribution in [0.1, 0.15) is 28.4 Å². The topological polar surface area (TPSA) is 147 Å². The van der Waals surface area contributed by atoms with Crippen LogP contribution in [0.5, 0.6) is 0 Å². The van der Waals surface area contributed by atoms with Crippen LogP contribution < -0.4 is 5.73 Å². The lowest BCUT2D eigenvalue weighted by Gasteiger charge is -2.19. The standard InChI is InChI=1S/C11H14N2O6/c12-5-4-8(14)10(15)9-6(11(16)17)2-1-3-7(9)13(18)19/h1-3,8,10,14-15H,4-5,12H2,(H,16,17). The molecule has 2 atom stereocenters. The van der Waals surface area contributed by atoms with Crippen molar-refractivity contribution in [2.75, 3.05) is 6.54 Å². The summed E-state index contributed by atoms with van der Waals surface area (Å²) in [6.45, 7) is 0.0568. The van der Waals surface area contributed by atoms with E-state index in [1.54, 1.807) is 0 Å². The maximum Gasteiger partial charge on any atom is 0.336 e. The van der Waals surface area contributed by atoms with Gasteiger partial charge in [0.25, 0.3) is 5.69 Å². The third-order valence-electron chi connectivity index (χ3n) is 2.63. The molecule has 0 spiro atoms. The molecule has 8 nitrogen and oxygen atoms in total. The number of carbonyl (C=O) groups is 1. The molecule has 0 heterocycles. The van der Waals surface area contributed by atoms with Gasteiger partial charge in [-0.05, 0) is 19.0 Å². The van der Waals surface area contributed by atoms with Crippen LogP contribution in [0.4, 0.5) is 5.69 Å². The summed E-state index contributed by atoms with van der Waals surface area (Å²) >= 11 is 0. The van der Waals surface area contributed by atoms with Crippen LogP contribution in [0.15, 0.2) is 18.2 Å². The molecule has 1 aromatic carbocycles. The summed E-state index contributed by atoms with van der Waals surface area (Å²) in [6.07, 6.45) is -3.06. The minimum atomic E-state index is -1.68. The smallest absolute Gasteiger partial charge is 0.336 e. The van der Waals surface area contributed by atoms with Crippen LogP contribution >= 0.6 is 0 Å². The van der Waals surface area contributed by atoms with Gasteiger partial charge in [-0.1, -0.05) is 6.07 Å². The number of nitrogens with two attached hydrogens (primary N) is 1. The van der Waals surface area contributed by atoms with Gasteiger partial charge in [0.15, 0.2) is 0 Å². The Morgan fingerprint density at radius 3 is 2.53 bits per heavy atom. The fourth-order valence-corrected chi connectivity index (χ4v) is 1.73. The third-order valence-corrected chi connectivity index (χ3v) is 2.63. The first-order valence-corrected chi connectivity index (χ1v) is 5.47. The van der Waals surface area contributed by atoms with Gasteiger partial charge in [-0.3, -0.25) is 10.1 Å². The van der Waals surface area contributed by atoms with E-state index >= 15 is 0 Å². The number of rotatable bonds is 6. The summed E-state index contributed by atoms with van der Waals surface area (Å²) in [7, 11) is 0. The molecule has 0 amide bonds. The van der Waals surface area contributed by atoms with Crippen molar-refractivity contribution in [3.05, 3.63) is 39.4 Å². The predicted molar refractivity (Wildman–Crippen MR) is 64.7 cm³/mol. The Labute approximate surface area is 108 Å². The molecule has 5 N–H and O–H groups in total. The molecule has 0 saturated carbocycles. The van der Waals surface area contributed by atoms with Crippen molar-refractivity contribution in [3.63, 3.8) is 0 Å². The van der Waals surface area contributed by atoms with Gasteiger partial charge >= 0.3 is 5.97 Å². The Kier molecular flexibility index (Phi) is 4.93. The highest BCUT2D eigenvalue weighted by molar-refractivity contribution is 5.91. The SMILES string of the molecule is NCCC(O)C(O)c1c(C(=O)O)cccc1[N+](=O)[O-]. The van der Waals surface area contributed by atoms with Crippen molar-refractivity contribution in [2.45, 2.75) is 18.6 Å². The van der Waals surface area contributed by atoms with Gasteiger partial charge in [-0.2, -0.15) is 0 Å². The zero-order chi connectivity index (χ0) is 14.6. The van der Waals surface area contributed by atoms with E-state index in [0.29, 0.717) is 0 Å². The van der Waals surface area contributed by atoms with Crippen molar-refractivity contribution in [1.29, 1.82) is 0 Å². The molecule has 19 heavy (non-hydrogen) atoms. The second kappa shape index (κ2) is 6.23. The molecule has 0 aromatic heterocycles. The maximum absolute atomic E-state index is 11.0. The summed E-state index contributed by atoms with van der Waals surface area (Å²) in [5, 5.41) is 39.4. The molecule has 8 heteroatoms. The molecular formula is C11H14N2O6. The molecule has 0 aliphatic heterocycles. The lowest BCUT2D eigenvalue weighted by atomic mass is 9.95. The first-order valence-electron chi connectivity index (χ1n) is 5.47. The largest absolute Gasteiger partial charge is 0.478 e. The average molecular weight is 270 g/mol. The fourth-order valence-electron chi connectivity index (χ4n) is 1.73. The second-order valence-electron chi connectivity index (χ2n) is 3.89. The number of aliphatic hydroxyl groups is 2. The summed E-state index contributed by atoms with van der Waals surface area (Å²) in [5.41, 5.74) is 3.83. The Bertz CT molecular complexity index is 458. The number of nitro benzene ring substituents is 1. The van der Waals surface area contributed by atoms with Gasteiger partial charge < -0.3 is 21.1 Å². The fraction of sp³-hybridized carbons (Fsp3) is 0.364. The number of carboxylic acids is 1. The van der Waals surface area contributed by atoms with E-state index in [2.05, 4.69) is 0 Å². The minimum absolute atomic E-state index is 0.00766. The number of hydrogen-bond acceptors (Lipinski definition) is 6. The normalized spacial score (nSPS) is 13.8. The van der Waals surface area contributed by atoms with E-state index in [1.807, 2.05) is 0 Å². The van der Waals surface area contributed by atoms with Gasteiger partial charge in [-0.15, -0.1) is 0 Å². The third kappa shape index (κ3) is 3.25. The first kappa shape index (κ1) is 15.0. The van der Waals surface area contributed by atoms with Crippen LogP contribution in [0.3, 0.4) is 0 Å². The van der Waals surface area contributed by atoms with Crippen LogP contribution in [-0.4, -0.2) is 38.9 Å². The van der Waals surface area contributed by atoms with Crippen molar-refractivity contribution in [1.82, 2.24) is 0 Å². The number of nitrogens with zero attached hydrogens (tertiary/aromatic N) is 1. The number of carboxylic acid groups (broad SMARTS) is 1. The van der Waals surface area contributed by atoms with Gasteiger partial charge in [-0.25, -0.2) is 4.79 Å². The molecule has 2 unspecified atom stereocenters. The summed E-state index contributed by atoms with van der Waals surface area (Å²) < 4.78 is 0. The summed E-state index contributed by atoms with van der Waals surface area (Å²) in [4.78, 5) is 21.1. The molecule has 1 rings (SSSR count). The molecular weight excluding hydrogens is 256 g/mol. The Hall–Kier alpha value is -2.03. The molecule has 0 saturated heterocycles. The number of aromatic carboxylic acids is 1. The van der Waals surface area contributed by atoms with E-state index in [4.69, 9.17) is 10.8 Å². The molecule has 0 aliphatic carbocycles. The number of nitro groups is 1. The molecule has 0 fully saturated rings. The lowest BCUT2D eigenvalue weighted by Crippen LogP contribution is -2.24. The van der Waals surface area contributed by atoms with Crippen LogP contribution in [0, 0.1) is 10.1 Å². The molecule has 0 bridgehead atoms. The summed E-state index contributed by atoms with van der Waals surface area (Å²) in [6, 6.07) is 3.40. The van der Waals surface area contributed by atoms with Crippen molar-refractivity contribution >= 4 is 11.7 Å². The quantitative estimate of drug-likeness (QED) is 0.421. The van der Waals surface area contributed by atoms with Crippen molar-refractivity contribution in [2.24, 2.45) is 5.73 Å². The maximum atomic E-state index is 11.0.